The SMILES string of the molecule is C=C/C1=C(\C=C/C)OCCCC/C=C/c2ccccc2CC(C(=O)N(C)OC)NC1=O.CC. The molecule has 0 fully saturated rings. The Morgan fingerprint density at radius 1 is 1.27 bits per heavy atom. The normalized spacial score (nSPS) is 20.6. The smallest absolute Gasteiger partial charge is 0.268 e. The third kappa shape index (κ3) is 8.73. The third-order valence-electron chi connectivity index (χ3n) is 5.02. The minimum Gasteiger partial charge on any atom is -0.493 e. The molecule has 1 N–H and O–H groups in total. The Balaban J connectivity index is 0.00000265. The fraction of sp³-hybridized carbons (Fsp3) is 0.407. The van der Waals surface area contributed by atoms with Crippen molar-refractivity contribution < 1.29 is 19.2 Å². The van der Waals surface area contributed by atoms with Gasteiger partial charge in [-0.15, -0.1) is 0 Å². The Morgan fingerprint density at radius 2 is 2.00 bits per heavy atom. The summed E-state index contributed by atoms with van der Waals surface area (Å²) in [7, 11) is 2.93. The van der Waals surface area contributed by atoms with Gasteiger partial charge in [-0.1, -0.05) is 69.0 Å². The van der Waals surface area contributed by atoms with Crippen LogP contribution < -0.4 is 5.32 Å². The summed E-state index contributed by atoms with van der Waals surface area (Å²) in [6.07, 6.45) is 12.3. The third-order valence-corrected chi connectivity index (χ3v) is 5.02. The number of fused-ring (bicyclic) bond motifs is 1. The van der Waals surface area contributed by atoms with Crippen molar-refractivity contribution in [3.8, 4) is 0 Å². The zero-order chi connectivity index (χ0) is 24.6. The molecule has 33 heavy (non-hydrogen) atoms. The van der Waals surface area contributed by atoms with E-state index in [2.05, 4.69) is 24.0 Å². The van der Waals surface area contributed by atoms with E-state index in [1.54, 1.807) is 12.2 Å². The van der Waals surface area contributed by atoms with E-state index >= 15 is 0 Å². The fourth-order valence-electron chi connectivity index (χ4n) is 3.28. The Bertz CT molecular complexity index is 871. The van der Waals surface area contributed by atoms with Crippen LogP contribution in [0.15, 0.2) is 66.5 Å². The molecular formula is C27H38N2O4. The van der Waals surface area contributed by atoms with E-state index in [-0.39, 0.29) is 11.5 Å². The summed E-state index contributed by atoms with van der Waals surface area (Å²) in [4.78, 5) is 31.2. The van der Waals surface area contributed by atoms with Crippen molar-refractivity contribution in [2.24, 2.45) is 0 Å². The summed E-state index contributed by atoms with van der Waals surface area (Å²) >= 11 is 0. The lowest BCUT2D eigenvalue weighted by Gasteiger charge is -2.24. The lowest BCUT2D eigenvalue weighted by Crippen LogP contribution is -2.48. The first-order valence-corrected chi connectivity index (χ1v) is 11.5. The average Bonchev–Trinajstić information content (AvgIpc) is 2.84. The van der Waals surface area contributed by atoms with Crippen LogP contribution in [0.2, 0.25) is 0 Å². The summed E-state index contributed by atoms with van der Waals surface area (Å²) in [5.74, 6) is -0.336. The Hall–Kier alpha value is -3.12. The molecule has 1 aliphatic rings. The molecule has 0 bridgehead atoms. The predicted molar refractivity (Wildman–Crippen MR) is 134 cm³/mol. The maximum Gasteiger partial charge on any atom is 0.268 e. The zero-order valence-electron chi connectivity index (χ0n) is 20.6. The van der Waals surface area contributed by atoms with Crippen LogP contribution in [0, 0.1) is 0 Å². The lowest BCUT2D eigenvalue weighted by atomic mass is 9.98. The van der Waals surface area contributed by atoms with Gasteiger partial charge < -0.3 is 10.1 Å². The quantitative estimate of drug-likeness (QED) is 0.651. The minimum atomic E-state index is -0.820. The minimum absolute atomic E-state index is 0.289. The number of likely N-dealkylation sites (N-methyl/N-ethyl adjacent to an activating group) is 1. The summed E-state index contributed by atoms with van der Waals surface area (Å²) in [6, 6.07) is 7.05. The topological polar surface area (TPSA) is 67.9 Å². The molecule has 0 aromatic heterocycles. The highest BCUT2D eigenvalue weighted by Crippen LogP contribution is 2.17. The van der Waals surface area contributed by atoms with Crippen LogP contribution in [0.4, 0.5) is 0 Å². The van der Waals surface area contributed by atoms with Crippen molar-refractivity contribution in [3.05, 3.63) is 77.6 Å². The number of allylic oxidation sites excluding steroid dienone is 3. The Morgan fingerprint density at radius 3 is 2.67 bits per heavy atom. The number of nitrogens with one attached hydrogen (secondary N) is 1. The number of rotatable bonds is 4. The molecule has 1 atom stereocenters. The van der Waals surface area contributed by atoms with E-state index in [0.717, 1.165) is 35.5 Å². The van der Waals surface area contributed by atoms with Gasteiger partial charge in [0, 0.05) is 13.5 Å². The van der Waals surface area contributed by atoms with Gasteiger partial charge in [-0.05, 0) is 43.4 Å². The second-order valence-electron chi connectivity index (χ2n) is 7.18. The summed E-state index contributed by atoms with van der Waals surface area (Å²) in [5, 5.41) is 3.98. The van der Waals surface area contributed by atoms with Crippen molar-refractivity contribution in [2.75, 3.05) is 20.8 Å². The van der Waals surface area contributed by atoms with Gasteiger partial charge in [-0.2, -0.15) is 0 Å². The number of nitrogens with zero attached hydrogens (tertiary/aromatic N) is 1. The maximum absolute atomic E-state index is 13.1. The van der Waals surface area contributed by atoms with Crippen molar-refractivity contribution >= 4 is 17.9 Å². The molecule has 0 radical (unpaired) electrons. The van der Waals surface area contributed by atoms with Gasteiger partial charge in [0.25, 0.3) is 11.8 Å². The second kappa shape index (κ2) is 15.6. The van der Waals surface area contributed by atoms with Crippen LogP contribution in [-0.4, -0.2) is 43.7 Å². The molecule has 0 aliphatic carbocycles. The molecule has 1 unspecified atom stereocenters. The first-order valence-electron chi connectivity index (χ1n) is 11.5. The molecule has 6 heteroatoms. The molecular weight excluding hydrogens is 416 g/mol. The first-order chi connectivity index (χ1) is 16.0. The van der Waals surface area contributed by atoms with E-state index in [0.29, 0.717) is 18.8 Å². The van der Waals surface area contributed by atoms with Gasteiger partial charge in [-0.25, -0.2) is 5.06 Å². The largest absolute Gasteiger partial charge is 0.493 e. The summed E-state index contributed by atoms with van der Waals surface area (Å²) in [6.45, 7) is 10.1. The fourth-order valence-corrected chi connectivity index (χ4v) is 3.28. The number of amides is 2. The molecule has 1 aromatic rings. The summed E-state index contributed by atoms with van der Waals surface area (Å²) in [5.41, 5.74) is 2.28. The molecule has 1 aromatic carbocycles. The number of carbonyl (C=O) groups excluding carboxylic acids is 2. The van der Waals surface area contributed by atoms with Crippen molar-refractivity contribution in [1.82, 2.24) is 10.4 Å². The van der Waals surface area contributed by atoms with E-state index in [1.165, 1.54) is 20.2 Å². The van der Waals surface area contributed by atoms with Gasteiger partial charge in [-0.3, -0.25) is 14.4 Å². The van der Waals surface area contributed by atoms with Gasteiger partial charge in [0.1, 0.15) is 11.8 Å². The van der Waals surface area contributed by atoms with E-state index in [4.69, 9.17) is 9.57 Å². The van der Waals surface area contributed by atoms with Gasteiger partial charge in [0.15, 0.2) is 0 Å². The molecule has 0 saturated heterocycles. The zero-order valence-corrected chi connectivity index (χ0v) is 20.6. The molecule has 0 spiro atoms. The van der Waals surface area contributed by atoms with Crippen LogP contribution in [0.3, 0.4) is 0 Å². The van der Waals surface area contributed by atoms with Crippen LogP contribution in [0.1, 0.15) is 51.2 Å². The van der Waals surface area contributed by atoms with Crippen molar-refractivity contribution in [1.29, 1.82) is 0 Å². The molecule has 1 aliphatic heterocycles. The van der Waals surface area contributed by atoms with Gasteiger partial charge >= 0.3 is 0 Å². The predicted octanol–water partition coefficient (Wildman–Crippen LogP) is 4.99. The molecule has 2 rings (SSSR count). The highest BCUT2D eigenvalue weighted by Gasteiger charge is 2.27. The maximum atomic E-state index is 13.1. The number of hydrogen-bond donors (Lipinski definition) is 1. The molecule has 6 nitrogen and oxygen atoms in total. The van der Waals surface area contributed by atoms with Crippen molar-refractivity contribution in [2.45, 2.75) is 52.5 Å². The number of carbonyl (C=O) groups is 2. The average molecular weight is 455 g/mol. The Kier molecular flexibility index (Phi) is 13.2. The molecule has 1 heterocycles. The highest BCUT2D eigenvalue weighted by molar-refractivity contribution is 5.99. The number of benzene rings is 1. The van der Waals surface area contributed by atoms with E-state index in [1.807, 2.05) is 45.0 Å². The van der Waals surface area contributed by atoms with Crippen LogP contribution in [-0.2, 0) is 25.6 Å². The molecule has 0 saturated carbocycles. The van der Waals surface area contributed by atoms with Gasteiger partial charge in [0.2, 0.25) is 0 Å². The standard InChI is InChI=1S/C25H32N2O4.C2H6/c1-5-13-23-21(6-2)24(28)26-22(25(29)27(3)30-4)18-20-16-11-10-15-19(20)14-9-7-8-12-17-31-23;1-2/h5-6,9-11,13-16,22H,2,7-8,12,17-18H2,1,3-4H3,(H,26,28);1-2H3/b13-5-,14-9+,23-21-;. The highest BCUT2D eigenvalue weighted by atomic mass is 16.7. The summed E-state index contributed by atoms with van der Waals surface area (Å²) < 4.78 is 5.88. The second-order valence-corrected chi connectivity index (χ2v) is 7.18. The number of hydroxylamine groups is 2. The number of hydrogen-bond acceptors (Lipinski definition) is 4. The molecule has 2 amide bonds. The monoisotopic (exact) mass is 454 g/mol. The van der Waals surface area contributed by atoms with Crippen LogP contribution in [0.25, 0.3) is 6.08 Å². The first kappa shape index (κ1) is 27.9. The van der Waals surface area contributed by atoms with Gasteiger partial charge in [0.05, 0.1) is 19.3 Å². The molecule has 180 valence electrons. The lowest BCUT2D eigenvalue weighted by molar-refractivity contribution is -0.171. The van der Waals surface area contributed by atoms with Crippen LogP contribution >= 0.6 is 0 Å². The number of ether oxygens (including phenoxy) is 1. The van der Waals surface area contributed by atoms with E-state index in [9.17, 15) is 9.59 Å². The van der Waals surface area contributed by atoms with E-state index < -0.39 is 11.9 Å². The Labute approximate surface area is 198 Å². The van der Waals surface area contributed by atoms with Crippen LogP contribution in [0.5, 0.6) is 0 Å². The van der Waals surface area contributed by atoms with Crippen molar-refractivity contribution in [3.63, 3.8) is 0 Å².